The lowest BCUT2D eigenvalue weighted by molar-refractivity contribution is -0.122. The maximum absolute atomic E-state index is 16.0. The Morgan fingerprint density at radius 1 is 1.14 bits per heavy atom. The molecule has 43 heavy (non-hydrogen) atoms. The van der Waals surface area contributed by atoms with E-state index >= 15 is 4.39 Å². The Hall–Kier alpha value is -3.37. The van der Waals surface area contributed by atoms with Crippen LogP contribution in [0.15, 0.2) is 54.6 Å². The Kier molecular flexibility index (Phi) is 8.64. The fourth-order valence-electron chi connectivity index (χ4n) is 6.39. The fraction of sp³-hybridized carbons (Fsp3) is 0.375. The van der Waals surface area contributed by atoms with Crippen molar-refractivity contribution in [2.75, 3.05) is 31.0 Å². The van der Waals surface area contributed by atoms with Gasteiger partial charge in [0.1, 0.15) is 29.3 Å². The number of nitrogens with one attached hydrogen (secondary N) is 3. The molecule has 1 fully saturated rings. The maximum Gasteiger partial charge on any atom is 0.242 e. The zero-order valence-electron chi connectivity index (χ0n) is 24.3. The highest BCUT2D eigenvalue weighted by atomic mass is 35.5. The highest BCUT2D eigenvalue weighted by Gasteiger charge is 2.66. The lowest BCUT2D eigenvalue weighted by atomic mass is 9.62. The van der Waals surface area contributed by atoms with Gasteiger partial charge in [-0.05, 0) is 53.3 Å². The Morgan fingerprint density at radius 2 is 1.91 bits per heavy atom. The molecule has 3 aromatic rings. The summed E-state index contributed by atoms with van der Waals surface area (Å²) in [5, 5.41) is 18.8. The lowest BCUT2D eigenvalue weighted by Gasteiger charge is -2.37. The van der Waals surface area contributed by atoms with Crippen LogP contribution in [0.1, 0.15) is 44.2 Å². The molecule has 1 saturated heterocycles. The molecule has 2 heterocycles. The van der Waals surface area contributed by atoms with Gasteiger partial charge in [0.2, 0.25) is 11.8 Å². The molecule has 0 aromatic heterocycles. The third kappa shape index (κ3) is 5.67. The number of fused-ring (bicyclic) bond motifs is 2. The molecule has 1 spiro atoms. The number of hydrogen-bond donors (Lipinski definition) is 4. The van der Waals surface area contributed by atoms with Crippen molar-refractivity contribution >= 4 is 46.4 Å². The first-order valence-corrected chi connectivity index (χ1v) is 14.7. The molecule has 1 unspecified atom stereocenters. The molecule has 0 aliphatic carbocycles. The molecular weight excluding hydrogens is 596 g/mol. The van der Waals surface area contributed by atoms with E-state index in [1.54, 1.807) is 48.5 Å². The van der Waals surface area contributed by atoms with Crippen LogP contribution in [0.4, 0.5) is 15.8 Å². The predicted octanol–water partition coefficient (Wildman–Crippen LogP) is 5.90. The smallest absolute Gasteiger partial charge is 0.242 e. The minimum Gasteiger partial charge on any atom is -0.494 e. The Morgan fingerprint density at radius 3 is 2.60 bits per heavy atom. The van der Waals surface area contributed by atoms with Crippen LogP contribution in [-0.2, 0) is 15.0 Å². The second kappa shape index (κ2) is 12.0. The van der Waals surface area contributed by atoms with E-state index in [9.17, 15) is 9.59 Å². The van der Waals surface area contributed by atoms with Crippen LogP contribution in [0.2, 0.25) is 10.0 Å². The van der Waals surface area contributed by atoms with Gasteiger partial charge in [-0.15, -0.1) is 0 Å². The molecule has 0 radical (unpaired) electrons. The van der Waals surface area contributed by atoms with Gasteiger partial charge in [-0.2, -0.15) is 0 Å². The summed E-state index contributed by atoms with van der Waals surface area (Å²) >= 11 is 12.6. The summed E-state index contributed by atoms with van der Waals surface area (Å²) in [6.45, 7) is 6.08. The predicted molar refractivity (Wildman–Crippen MR) is 165 cm³/mol. The largest absolute Gasteiger partial charge is 0.494 e. The molecule has 8 nitrogen and oxygen atoms in total. The van der Waals surface area contributed by atoms with Gasteiger partial charge < -0.3 is 30.5 Å². The lowest BCUT2D eigenvalue weighted by Crippen LogP contribution is -2.49. The molecule has 11 heteroatoms. The number of aliphatic hydroxyl groups is 1. The van der Waals surface area contributed by atoms with Crippen molar-refractivity contribution in [2.45, 2.75) is 50.6 Å². The standard InChI is InChI=1S/C32H34Cl2FN3O5/c1-31(2,3)16-25-32(20-10-8-17(33)14-23(20)37-30(32)41)26(19-6-5-7-21(34)27(19)35)28(38-25)29(40)36-22-11-9-18(43-13-12-39)15-24(22)42-4/h5-11,14-15,25-26,28,38-39H,12-13,16H2,1-4H3,(H,36,40)(H,37,41)/t25-,26-,28-,32?/m1/s1. The van der Waals surface area contributed by atoms with Crippen molar-refractivity contribution in [3.63, 3.8) is 0 Å². The topological polar surface area (TPSA) is 109 Å². The molecule has 228 valence electrons. The number of halogens is 3. The summed E-state index contributed by atoms with van der Waals surface area (Å²) in [4.78, 5) is 28.5. The molecule has 4 atom stereocenters. The minimum absolute atomic E-state index is 0.0970. The fourth-order valence-corrected chi connectivity index (χ4v) is 6.74. The Labute approximate surface area is 259 Å². The quantitative estimate of drug-likeness (QED) is 0.247. The molecule has 2 aliphatic rings. The second-order valence-electron chi connectivity index (χ2n) is 12.0. The number of aliphatic hydroxyl groups excluding tert-OH is 1. The molecule has 4 N–H and O–H groups in total. The van der Waals surface area contributed by atoms with Crippen molar-refractivity contribution in [2.24, 2.45) is 5.41 Å². The van der Waals surface area contributed by atoms with Gasteiger partial charge in [0.15, 0.2) is 0 Å². The van der Waals surface area contributed by atoms with Crippen LogP contribution in [0.25, 0.3) is 0 Å². The third-order valence-corrected chi connectivity index (χ3v) is 8.54. The van der Waals surface area contributed by atoms with Gasteiger partial charge in [-0.25, -0.2) is 4.39 Å². The van der Waals surface area contributed by atoms with E-state index < -0.39 is 35.1 Å². The summed E-state index contributed by atoms with van der Waals surface area (Å²) < 4.78 is 26.9. The average molecular weight is 631 g/mol. The number of ether oxygens (including phenoxy) is 2. The zero-order valence-corrected chi connectivity index (χ0v) is 25.8. The van der Waals surface area contributed by atoms with Crippen LogP contribution in [0.3, 0.4) is 0 Å². The molecule has 3 aromatic carbocycles. The number of carbonyl (C=O) groups is 2. The summed E-state index contributed by atoms with van der Waals surface area (Å²) in [5.74, 6) is -1.75. The summed E-state index contributed by atoms with van der Waals surface area (Å²) in [6.07, 6.45) is 0.491. The van der Waals surface area contributed by atoms with Crippen molar-refractivity contribution in [3.8, 4) is 11.5 Å². The molecule has 0 saturated carbocycles. The van der Waals surface area contributed by atoms with E-state index in [4.69, 9.17) is 37.8 Å². The van der Waals surface area contributed by atoms with Crippen LogP contribution in [0, 0.1) is 11.2 Å². The molecule has 0 bridgehead atoms. The number of rotatable bonds is 8. The number of amides is 2. The van der Waals surface area contributed by atoms with Gasteiger partial charge in [-0.3, -0.25) is 9.59 Å². The number of benzene rings is 3. The van der Waals surface area contributed by atoms with E-state index in [1.165, 1.54) is 13.2 Å². The van der Waals surface area contributed by atoms with Gasteiger partial charge in [-0.1, -0.05) is 62.2 Å². The van der Waals surface area contributed by atoms with Crippen molar-refractivity contribution < 1.29 is 28.6 Å². The molecule has 2 aliphatic heterocycles. The van der Waals surface area contributed by atoms with E-state index in [0.29, 0.717) is 39.9 Å². The highest BCUT2D eigenvalue weighted by molar-refractivity contribution is 6.31. The average Bonchev–Trinajstić information content (AvgIpc) is 3.42. The van der Waals surface area contributed by atoms with Crippen molar-refractivity contribution in [1.82, 2.24) is 5.32 Å². The van der Waals surface area contributed by atoms with Gasteiger partial charge in [0, 0.05) is 28.7 Å². The first-order valence-electron chi connectivity index (χ1n) is 13.9. The first kappa shape index (κ1) is 31.1. The number of carbonyl (C=O) groups excluding carboxylic acids is 2. The van der Waals surface area contributed by atoms with Crippen LogP contribution in [0.5, 0.6) is 11.5 Å². The van der Waals surface area contributed by atoms with Gasteiger partial charge >= 0.3 is 0 Å². The van der Waals surface area contributed by atoms with E-state index in [0.717, 1.165) is 0 Å². The van der Waals surface area contributed by atoms with Crippen LogP contribution >= 0.6 is 23.2 Å². The van der Waals surface area contributed by atoms with Crippen molar-refractivity contribution in [1.29, 1.82) is 0 Å². The minimum atomic E-state index is -1.37. The van der Waals surface area contributed by atoms with E-state index in [2.05, 4.69) is 16.0 Å². The second-order valence-corrected chi connectivity index (χ2v) is 12.9. The number of methoxy groups -OCH3 is 1. The zero-order chi connectivity index (χ0) is 31.1. The Bertz CT molecular complexity index is 1560. The van der Waals surface area contributed by atoms with Crippen LogP contribution in [-0.4, -0.2) is 49.3 Å². The number of hydrogen-bond acceptors (Lipinski definition) is 6. The Balaban J connectivity index is 1.66. The van der Waals surface area contributed by atoms with Crippen LogP contribution < -0.4 is 25.4 Å². The maximum atomic E-state index is 16.0. The molecule has 2 amide bonds. The molecular formula is C32H34Cl2FN3O5. The SMILES string of the molecule is COc1cc(OCCO)ccc1NC(=O)[C@@H]1N[C@H](CC(C)(C)C)C2(C(=O)Nc3cc(Cl)ccc32)[C@@H]1c1cccc(Cl)c1F. The summed E-state index contributed by atoms with van der Waals surface area (Å²) in [5.41, 5.74) is 0.0169. The summed E-state index contributed by atoms with van der Waals surface area (Å²) in [7, 11) is 1.46. The van der Waals surface area contributed by atoms with Gasteiger partial charge in [0.05, 0.1) is 30.5 Å². The first-order chi connectivity index (χ1) is 20.4. The van der Waals surface area contributed by atoms with Gasteiger partial charge in [0.25, 0.3) is 0 Å². The normalized spacial score (nSPS) is 22.8. The highest BCUT2D eigenvalue weighted by Crippen LogP contribution is 2.57. The van der Waals surface area contributed by atoms with E-state index in [1.807, 2.05) is 20.8 Å². The number of anilines is 2. The third-order valence-electron chi connectivity index (χ3n) is 8.01. The van der Waals surface area contributed by atoms with E-state index in [-0.39, 0.29) is 35.1 Å². The van der Waals surface area contributed by atoms with Crippen molar-refractivity contribution in [3.05, 3.63) is 81.6 Å². The summed E-state index contributed by atoms with van der Waals surface area (Å²) in [6, 6.07) is 13.0. The molecule has 5 rings (SSSR count). The monoisotopic (exact) mass is 629 g/mol.